The van der Waals surface area contributed by atoms with Crippen LogP contribution in [0.3, 0.4) is 0 Å². The molecule has 0 bridgehead atoms. The van der Waals surface area contributed by atoms with Crippen molar-refractivity contribution in [1.82, 2.24) is 5.64 Å². The Morgan fingerprint density at radius 2 is 1.33 bits per heavy atom. The Bertz CT molecular complexity index is 73.7. The van der Waals surface area contributed by atoms with Crippen LogP contribution in [0.15, 0.2) is 0 Å². The molecule has 0 radical (unpaired) electrons. The summed E-state index contributed by atoms with van der Waals surface area (Å²) in [6.45, 7) is 2.01. The van der Waals surface area contributed by atoms with Gasteiger partial charge in [0.2, 0.25) is 0 Å². The minimum atomic E-state index is 0. The Labute approximate surface area is 96.4 Å². The van der Waals surface area contributed by atoms with Crippen molar-refractivity contribution in [3.8, 4) is 0 Å². The van der Waals surface area contributed by atoms with Gasteiger partial charge in [-0.05, 0) is 0 Å². The predicted molar refractivity (Wildman–Crippen MR) is 39.9 cm³/mol. The van der Waals surface area contributed by atoms with Gasteiger partial charge in [-0.2, -0.15) is 0 Å². The molecule has 5 nitrogen and oxygen atoms in total. The summed E-state index contributed by atoms with van der Waals surface area (Å²) in [5.74, 6) is 0. The van der Waals surface area contributed by atoms with Gasteiger partial charge in [-0.1, -0.05) is 5.64 Å². The molecule has 1 N–H and O–H groups in total. The topological polar surface area (TPSA) is 49.0 Å². The number of methoxy groups -OCH3 is 2. The summed E-state index contributed by atoms with van der Waals surface area (Å²) in [5.41, 5.74) is 2.30. The molecule has 0 aromatic carbocycles. The predicted octanol–water partition coefficient (Wildman–Crippen LogP) is -3.15. The van der Waals surface area contributed by atoms with Crippen LogP contribution >= 0.6 is 0 Å². The van der Waals surface area contributed by atoms with Crippen LogP contribution in [0, 0.1) is 0 Å². The molecular formula is C6H16NNaO4. The minimum absolute atomic E-state index is 0. The molecular weight excluding hydrogens is 173 g/mol. The van der Waals surface area contributed by atoms with Crippen molar-refractivity contribution in [2.45, 2.75) is 0 Å². The van der Waals surface area contributed by atoms with E-state index in [0.717, 1.165) is 0 Å². The van der Waals surface area contributed by atoms with Crippen LogP contribution < -0.4 is 35.2 Å². The number of nitrogens with one attached hydrogen (secondary N) is 1. The molecule has 0 aliphatic carbocycles. The van der Waals surface area contributed by atoms with Gasteiger partial charge >= 0.3 is 29.6 Å². The summed E-state index contributed by atoms with van der Waals surface area (Å²) in [7, 11) is 3.21. The fourth-order valence-corrected chi connectivity index (χ4v) is 0.375. The van der Waals surface area contributed by atoms with Gasteiger partial charge in [0.15, 0.2) is 0 Å². The molecule has 0 aliphatic rings. The SMILES string of the molecule is COCCONOCCOC.[H-].[Na+]. The van der Waals surface area contributed by atoms with E-state index in [-0.39, 0.29) is 31.0 Å². The molecule has 0 atom stereocenters. The van der Waals surface area contributed by atoms with Gasteiger partial charge in [0.25, 0.3) is 0 Å². The average Bonchev–Trinajstić information content (AvgIpc) is 2.03. The monoisotopic (exact) mass is 189 g/mol. The fourth-order valence-electron chi connectivity index (χ4n) is 0.375. The molecule has 0 rings (SSSR count). The Morgan fingerprint density at radius 1 is 0.917 bits per heavy atom. The first kappa shape index (κ1) is 15.3. The molecule has 0 spiro atoms. The van der Waals surface area contributed by atoms with Crippen LogP contribution in [0.25, 0.3) is 0 Å². The van der Waals surface area contributed by atoms with Crippen molar-refractivity contribution >= 4 is 0 Å². The number of ether oxygens (including phenoxy) is 2. The van der Waals surface area contributed by atoms with E-state index in [1.54, 1.807) is 14.2 Å². The van der Waals surface area contributed by atoms with Gasteiger partial charge in [0, 0.05) is 14.2 Å². The second-order valence-corrected chi connectivity index (χ2v) is 1.77. The number of rotatable bonds is 8. The Balaban J connectivity index is -0.000000500. The number of hydrogen-bond acceptors (Lipinski definition) is 5. The summed E-state index contributed by atoms with van der Waals surface area (Å²) >= 11 is 0. The first-order chi connectivity index (χ1) is 5.41. The molecule has 0 unspecified atom stereocenters. The molecule has 12 heavy (non-hydrogen) atoms. The molecule has 6 heteroatoms. The summed E-state index contributed by atoms with van der Waals surface area (Å²) in [6.07, 6.45) is 0. The average molecular weight is 189 g/mol. The van der Waals surface area contributed by atoms with E-state index in [2.05, 4.69) is 5.64 Å². The van der Waals surface area contributed by atoms with Crippen molar-refractivity contribution in [2.75, 3.05) is 40.6 Å². The molecule has 0 amide bonds. The Kier molecular flexibility index (Phi) is 18.2. The molecule has 0 aromatic heterocycles. The second kappa shape index (κ2) is 14.3. The van der Waals surface area contributed by atoms with Gasteiger partial charge in [-0.25, -0.2) is 0 Å². The third kappa shape index (κ3) is 13.4. The first-order valence-corrected chi connectivity index (χ1v) is 3.38. The van der Waals surface area contributed by atoms with Crippen LogP contribution in [0.5, 0.6) is 0 Å². The molecule has 0 heterocycles. The maximum absolute atomic E-state index is 4.77. The molecule has 0 aromatic rings. The summed E-state index contributed by atoms with van der Waals surface area (Å²) in [5, 5.41) is 0. The molecule has 0 fully saturated rings. The van der Waals surface area contributed by atoms with Crippen LogP contribution in [0.2, 0.25) is 0 Å². The van der Waals surface area contributed by atoms with Crippen LogP contribution in [-0.4, -0.2) is 40.6 Å². The van der Waals surface area contributed by atoms with E-state index < -0.39 is 0 Å². The first-order valence-electron chi connectivity index (χ1n) is 3.38. The zero-order valence-corrected chi connectivity index (χ0v) is 9.96. The molecule has 0 saturated heterocycles. The van der Waals surface area contributed by atoms with Crippen LogP contribution in [0.1, 0.15) is 1.43 Å². The Hall–Kier alpha value is 0.800. The van der Waals surface area contributed by atoms with Gasteiger partial charge in [-0.15, -0.1) is 0 Å². The second-order valence-electron chi connectivity index (χ2n) is 1.77. The van der Waals surface area contributed by atoms with E-state index in [1.165, 1.54) is 0 Å². The fraction of sp³-hybridized carbons (Fsp3) is 1.00. The maximum Gasteiger partial charge on any atom is 1.00 e. The van der Waals surface area contributed by atoms with Crippen LogP contribution in [-0.2, 0) is 19.1 Å². The van der Waals surface area contributed by atoms with E-state index >= 15 is 0 Å². The van der Waals surface area contributed by atoms with Gasteiger partial charge in [-0.3, -0.25) is 9.68 Å². The zero-order chi connectivity index (χ0) is 8.36. The van der Waals surface area contributed by atoms with Gasteiger partial charge in [0.05, 0.1) is 26.4 Å². The minimum Gasteiger partial charge on any atom is -1.00 e. The van der Waals surface area contributed by atoms with Crippen LogP contribution in [0.4, 0.5) is 0 Å². The number of hydrogen-bond donors (Lipinski definition) is 1. The van der Waals surface area contributed by atoms with Crippen molar-refractivity contribution < 1.29 is 50.1 Å². The summed E-state index contributed by atoms with van der Waals surface area (Å²) in [4.78, 5) is 9.54. The zero-order valence-electron chi connectivity index (χ0n) is 8.96. The maximum atomic E-state index is 4.77. The quantitative estimate of drug-likeness (QED) is 0.248. The standard InChI is InChI=1S/C6H15NO4.Na.H/c1-8-3-5-10-7-11-6-4-9-2;;/h7H,3-6H2,1-2H3;;/q;+1;-1. The largest absolute Gasteiger partial charge is 1.00 e. The normalized spacial score (nSPS) is 9.50. The van der Waals surface area contributed by atoms with Crippen molar-refractivity contribution in [2.24, 2.45) is 0 Å². The Morgan fingerprint density at radius 3 is 1.67 bits per heavy atom. The third-order valence-electron chi connectivity index (χ3n) is 0.897. The summed E-state index contributed by atoms with van der Waals surface area (Å²) in [6, 6.07) is 0. The van der Waals surface area contributed by atoms with Gasteiger partial charge < -0.3 is 10.9 Å². The van der Waals surface area contributed by atoms with E-state index in [1.807, 2.05) is 0 Å². The summed E-state index contributed by atoms with van der Waals surface area (Å²) < 4.78 is 9.45. The molecule has 0 saturated carbocycles. The van der Waals surface area contributed by atoms with Crippen molar-refractivity contribution in [3.63, 3.8) is 0 Å². The van der Waals surface area contributed by atoms with Gasteiger partial charge in [0.1, 0.15) is 0 Å². The molecule has 0 aliphatic heterocycles. The molecule has 70 valence electrons. The smallest absolute Gasteiger partial charge is 1.00 e. The van der Waals surface area contributed by atoms with Crippen molar-refractivity contribution in [3.05, 3.63) is 0 Å². The van der Waals surface area contributed by atoms with E-state index in [0.29, 0.717) is 26.4 Å². The van der Waals surface area contributed by atoms with E-state index in [9.17, 15) is 0 Å². The van der Waals surface area contributed by atoms with E-state index in [4.69, 9.17) is 19.1 Å². The van der Waals surface area contributed by atoms with Crippen molar-refractivity contribution in [1.29, 1.82) is 0 Å². The third-order valence-corrected chi connectivity index (χ3v) is 0.897.